The third-order valence-electron chi connectivity index (χ3n) is 3.18. The van der Waals surface area contributed by atoms with Crippen molar-refractivity contribution in [3.8, 4) is 5.75 Å². The van der Waals surface area contributed by atoms with Crippen LogP contribution >= 0.6 is 0 Å². The van der Waals surface area contributed by atoms with Gasteiger partial charge in [-0.1, -0.05) is 19.1 Å². The Morgan fingerprint density at radius 3 is 2.57 bits per heavy atom. The van der Waals surface area contributed by atoms with Gasteiger partial charge in [-0.2, -0.15) is 0 Å². The third-order valence-corrected chi connectivity index (χ3v) is 3.18. The van der Waals surface area contributed by atoms with Crippen molar-refractivity contribution in [1.82, 2.24) is 10.3 Å². The van der Waals surface area contributed by atoms with E-state index in [1.165, 1.54) is 6.07 Å². The van der Waals surface area contributed by atoms with E-state index >= 15 is 0 Å². The second-order valence-electron chi connectivity index (χ2n) is 4.76. The predicted molar refractivity (Wildman–Crippen MR) is 81.9 cm³/mol. The van der Waals surface area contributed by atoms with Gasteiger partial charge in [-0.3, -0.25) is 4.98 Å². The number of halogens is 1. The van der Waals surface area contributed by atoms with Crippen LogP contribution in [0.1, 0.15) is 37.6 Å². The number of hydrogen-bond acceptors (Lipinski definition) is 3. The molecule has 0 aliphatic carbocycles. The van der Waals surface area contributed by atoms with Crippen molar-refractivity contribution in [2.24, 2.45) is 0 Å². The molecule has 2 rings (SSSR count). The molecule has 3 nitrogen and oxygen atoms in total. The van der Waals surface area contributed by atoms with Gasteiger partial charge in [0.1, 0.15) is 11.6 Å². The van der Waals surface area contributed by atoms with E-state index in [9.17, 15) is 4.39 Å². The topological polar surface area (TPSA) is 34.1 Å². The van der Waals surface area contributed by atoms with Gasteiger partial charge >= 0.3 is 0 Å². The minimum atomic E-state index is -0.292. The first-order valence-electron chi connectivity index (χ1n) is 7.32. The molecule has 0 fully saturated rings. The number of nitrogens with zero attached hydrogens (tertiary/aromatic N) is 1. The van der Waals surface area contributed by atoms with Crippen molar-refractivity contribution >= 4 is 0 Å². The maximum absolute atomic E-state index is 14.0. The lowest BCUT2D eigenvalue weighted by Gasteiger charge is -2.19. The maximum atomic E-state index is 14.0. The lowest BCUT2D eigenvalue weighted by atomic mass is 10.0. The summed E-state index contributed by atoms with van der Waals surface area (Å²) in [4.78, 5) is 4.20. The van der Waals surface area contributed by atoms with Crippen molar-refractivity contribution in [1.29, 1.82) is 0 Å². The molecule has 0 aliphatic rings. The SMILES string of the molecule is CCCNC(c1ccc(OCC)cc1)c1ncccc1F. The van der Waals surface area contributed by atoms with Gasteiger partial charge < -0.3 is 10.1 Å². The van der Waals surface area contributed by atoms with Crippen molar-refractivity contribution in [2.45, 2.75) is 26.3 Å². The third kappa shape index (κ3) is 4.02. The summed E-state index contributed by atoms with van der Waals surface area (Å²) in [5, 5.41) is 3.35. The van der Waals surface area contributed by atoms with E-state index in [2.05, 4.69) is 17.2 Å². The molecule has 0 bridgehead atoms. The van der Waals surface area contributed by atoms with E-state index in [1.807, 2.05) is 31.2 Å². The molecule has 112 valence electrons. The normalized spacial score (nSPS) is 12.1. The molecule has 1 heterocycles. The molecule has 0 radical (unpaired) electrons. The molecule has 0 saturated heterocycles. The van der Waals surface area contributed by atoms with Gasteiger partial charge in [0.15, 0.2) is 0 Å². The van der Waals surface area contributed by atoms with Crippen LogP contribution in [-0.4, -0.2) is 18.1 Å². The van der Waals surface area contributed by atoms with Crippen molar-refractivity contribution in [3.63, 3.8) is 0 Å². The zero-order valence-electron chi connectivity index (χ0n) is 12.5. The van der Waals surface area contributed by atoms with Crippen LogP contribution in [0.4, 0.5) is 4.39 Å². The Labute approximate surface area is 125 Å². The Morgan fingerprint density at radius 2 is 1.95 bits per heavy atom. The number of aromatic nitrogens is 1. The Bertz CT molecular complexity index is 557. The van der Waals surface area contributed by atoms with E-state index in [1.54, 1.807) is 12.3 Å². The molecule has 0 spiro atoms. The number of ether oxygens (including phenoxy) is 1. The van der Waals surface area contributed by atoms with Crippen LogP contribution in [0.2, 0.25) is 0 Å². The molecular formula is C17H21FN2O. The van der Waals surface area contributed by atoms with Crippen LogP contribution in [0.3, 0.4) is 0 Å². The monoisotopic (exact) mass is 288 g/mol. The average Bonchev–Trinajstić information content (AvgIpc) is 2.51. The highest BCUT2D eigenvalue weighted by atomic mass is 19.1. The van der Waals surface area contributed by atoms with Crippen molar-refractivity contribution in [3.05, 3.63) is 59.7 Å². The lowest BCUT2D eigenvalue weighted by Crippen LogP contribution is -2.25. The number of rotatable bonds is 7. The summed E-state index contributed by atoms with van der Waals surface area (Å²) in [6.45, 7) is 5.46. The Hall–Kier alpha value is -1.94. The number of benzene rings is 1. The molecule has 1 atom stereocenters. The minimum absolute atomic E-state index is 0.248. The average molecular weight is 288 g/mol. The van der Waals surface area contributed by atoms with Gasteiger partial charge in [0.25, 0.3) is 0 Å². The fraction of sp³-hybridized carbons (Fsp3) is 0.353. The summed E-state index contributed by atoms with van der Waals surface area (Å²) in [7, 11) is 0. The van der Waals surface area contributed by atoms with Crippen LogP contribution in [0.15, 0.2) is 42.6 Å². The van der Waals surface area contributed by atoms with Gasteiger partial charge in [0.05, 0.1) is 18.3 Å². The standard InChI is InChI=1S/C17H21FN2O/c1-3-11-19-16(17-15(18)6-5-12-20-17)13-7-9-14(10-8-13)21-4-2/h5-10,12,16,19H,3-4,11H2,1-2H3. The zero-order chi connectivity index (χ0) is 15.1. The Kier molecular flexibility index (Phi) is 5.69. The van der Waals surface area contributed by atoms with Crippen LogP contribution < -0.4 is 10.1 Å². The second-order valence-corrected chi connectivity index (χ2v) is 4.76. The highest BCUT2D eigenvalue weighted by molar-refractivity contribution is 5.33. The van der Waals surface area contributed by atoms with Gasteiger partial charge in [-0.15, -0.1) is 0 Å². The summed E-state index contributed by atoms with van der Waals surface area (Å²) in [6, 6.07) is 10.5. The first-order chi connectivity index (χ1) is 10.3. The summed E-state index contributed by atoms with van der Waals surface area (Å²) in [6.07, 6.45) is 2.59. The molecular weight excluding hydrogens is 267 g/mol. The second kappa shape index (κ2) is 7.74. The number of pyridine rings is 1. The van der Waals surface area contributed by atoms with Gasteiger partial charge in [-0.05, 0) is 49.7 Å². The highest BCUT2D eigenvalue weighted by Crippen LogP contribution is 2.24. The van der Waals surface area contributed by atoms with E-state index in [-0.39, 0.29) is 11.9 Å². The molecule has 1 aromatic carbocycles. The van der Waals surface area contributed by atoms with Gasteiger partial charge in [0.2, 0.25) is 0 Å². The number of nitrogens with one attached hydrogen (secondary N) is 1. The first-order valence-corrected chi connectivity index (χ1v) is 7.32. The Balaban J connectivity index is 2.29. The lowest BCUT2D eigenvalue weighted by molar-refractivity contribution is 0.340. The van der Waals surface area contributed by atoms with Crippen LogP contribution in [0, 0.1) is 5.82 Å². The quantitative estimate of drug-likeness (QED) is 0.843. The van der Waals surface area contributed by atoms with Crippen LogP contribution in [-0.2, 0) is 0 Å². The fourth-order valence-electron chi connectivity index (χ4n) is 2.19. The zero-order valence-corrected chi connectivity index (χ0v) is 12.5. The molecule has 2 aromatic rings. The van der Waals surface area contributed by atoms with Gasteiger partial charge in [0, 0.05) is 6.20 Å². The fourth-order valence-corrected chi connectivity index (χ4v) is 2.19. The van der Waals surface area contributed by atoms with Crippen LogP contribution in [0.5, 0.6) is 5.75 Å². The highest BCUT2D eigenvalue weighted by Gasteiger charge is 2.18. The summed E-state index contributed by atoms with van der Waals surface area (Å²) < 4.78 is 19.5. The molecule has 21 heavy (non-hydrogen) atoms. The molecule has 1 N–H and O–H groups in total. The molecule has 4 heteroatoms. The van der Waals surface area contributed by atoms with E-state index < -0.39 is 0 Å². The molecule has 1 aromatic heterocycles. The smallest absolute Gasteiger partial charge is 0.146 e. The van der Waals surface area contributed by atoms with Crippen molar-refractivity contribution < 1.29 is 9.13 Å². The minimum Gasteiger partial charge on any atom is -0.494 e. The van der Waals surface area contributed by atoms with E-state index in [4.69, 9.17) is 4.74 Å². The first kappa shape index (κ1) is 15.4. The van der Waals surface area contributed by atoms with E-state index in [0.29, 0.717) is 12.3 Å². The van der Waals surface area contributed by atoms with Crippen LogP contribution in [0.25, 0.3) is 0 Å². The number of hydrogen-bond donors (Lipinski definition) is 1. The predicted octanol–water partition coefficient (Wildman–Crippen LogP) is 3.71. The summed E-state index contributed by atoms with van der Waals surface area (Å²) in [5.74, 6) is 0.525. The summed E-state index contributed by atoms with van der Waals surface area (Å²) in [5.41, 5.74) is 1.40. The molecule has 0 aliphatic heterocycles. The Morgan fingerprint density at radius 1 is 1.19 bits per heavy atom. The molecule has 0 saturated carbocycles. The largest absolute Gasteiger partial charge is 0.494 e. The van der Waals surface area contributed by atoms with E-state index in [0.717, 1.165) is 24.3 Å². The summed E-state index contributed by atoms with van der Waals surface area (Å²) >= 11 is 0. The van der Waals surface area contributed by atoms with Gasteiger partial charge in [-0.25, -0.2) is 4.39 Å². The van der Waals surface area contributed by atoms with Crippen molar-refractivity contribution in [2.75, 3.05) is 13.2 Å². The molecule has 0 amide bonds. The maximum Gasteiger partial charge on any atom is 0.146 e. The molecule has 1 unspecified atom stereocenters.